The molecule has 4 aliphatic rings. The molecule has 0 amide bonds. The van der Waals surface area contributed by atoms with Gasteiger partial charge in [-0.3, -0.25) is 18.7 Å². The van der Waals surface area contributed by atoms with Crippen LogP contribution in [-0.2, 0) is 29.8 Å². The first kappa shape index (κ1) is 27.4. The van der Waals surface area contributed by atoms with Crippen LogP contribution in [0.5, 0.6) is 0 Å². The number of allylic oxidation sites excluding steroid dienone is 2. The third kappa shape index (κ3) is 3.82. The van der Waals surface area contributed by atoms with Gasteiger partial charge in [0.1, 0.15) is 0 Å². The van der Waals surface area contributed by atoms with Crippen LogP contribution in [0, 0.1) is 33.5 Å². The highest BCUT2D eigenvalue weighted by atomic mass is 32.2. The molecule has 4 fully saturated rings. The first-order valence-electron chi connectivity index (χ1n) is 12.9. The molecule has 0 aromatic heterocycles. The minimum Gasteiger partial charge on any atom is -0.294 e. The van der Waals surface area contributed by atoms with Crippen molar-refractivity contribution in [2.75, 3.05) is 11.5 Å². The lowest BCUT2D eigenvalue weighted by atomic mass is 9.70. The molecule has 4 aliphatic carbocycles. The Hall–Kier alpha value is -2.14. The molecule has 4 atom stereocenters. The highest BCUT2D eigenvalue weighted by Crippen LogP contribution is 2.67. The maximum Gasteiger partial charge on any atom is 0.265 e. The van der Waals surface area contributed by atoms with Crippen LogP contribution in [0.15, 0.2) is 35.4 Å². The predicted molar refractivity (Wildman–Crippen MR) is 143 cm³/mol. The fourth-order valence-electron chi connectivity index (χ4n) is 8.23. The molecular weight excluding hydrogens is 528 g/mol. The Labute approximate surface area is 224 Å². The quantitative estimate of drug-likeness (QED) is 0.387. The van der Waals surface area contributed by atoms with Crippen molar-refractivity contribution in [2.45, 2.75) is 53.4 Å². The lowest BCUT2D eigenvalue weighted by Gasteiger charge is -2.34. The molecule has 4 bridgehead atoms. The van der Waals surface area contributed by atoms with Crippen molar-refractivity contribution in [3.63, 3.8) is 0 Å². The number of benzene rings is 1. The van der Waals surface area contributed by atoms with E-state index >= 15 is 0 Å². The highest BCUT2D eigenvalue weighted by Gasteiger charge is 2.68. The zero-order valence-electron chi connectivity index (χ0n) is 22.0. The van der Waals surface area contributed by atoms with E-state index in [-0.39, 0.29) is 23.4 Å². The SMILES string of the molecule is CC1(C)C2CC[C@]1(CS(=O)(=O)O)C(=O)/C2=C\c1ccc(/C=C2\C(=O)[C@@]3(CS(=O)(=O)O)CC[C@H]2C3(C)C)cc1. The van der Waals surface area contributed by atoms with Gasteiger partial charge in [0.25, 0.3) is 20.2 Å². The second-order valence-electron chi connectivity index (χ2n) is 12.8. The summed E-state index contributed by atoms with van der Waals surface area (Å²) >= 11 is 0. The van der Waals surface area contributed by atoms with Crippen LogP contribution >= 0.6 is 0 Å². The van der Waals surface area contributed by atoms with Gasteiger partial charge in [0, 0.05) is 11.1 Å². The Balaban J connectivity index is 1.44. The lowest BCUT2D eigenvalue weighted by molar-refractivity contribution is -0.125. The molecule has 0 heterocycles. The second kappa shape index (κ2) is 8.19. The van der Waals surface area contributed by atoms with Gasteiger partial charge in [-0.2, -0.15) is 16.8 Å². The van der Waals surface area contributed by atoms with E-state index in [0.29, 0.717) is 36.8 Å². The lowest BCUT2D eigenvalue weighted by Crippen LogP contribution is -2.42. The summed E-state index contributed by atoms with van der Waals surface area (Å²) in [5.74, 6) is -1.80. The molecule has 1 aromatic carbocycles. The molecule has 8 nitrogen and oxygen atoms in total. The smallest absolute Gasteiger partial charge is 0.265 e. The molecule has 2 N–H and O–H groups in total. The minimum atomic E-state index is -4.33. The summed E-state index contributed by atoms with van der Waals surface area (Å²) in [6.07, 6.45) is 5.80. The van der Waals surface area contributed by atoms with Crippen LogP contribution < -0.4 is 0 Å². The zero-order valence-corrected chi connectivity index (χ0v) is 23.7. The highest BCUT2D eigenvalue weighted by molar-refractivity contribution is 7.86. The first-order chi connectivity index (χ1) is 17.3. The van der Waals surface area contributed by atoms with Crippen LogP contribution in [0.2, 0.25) is 0 Å². The zero-order chi connectivity index (χ0) is 28.1. The Morgan fingerprint density at radius 3 is 1.32 bits per heavy atom. The molecule has 1 aromatic rings. The van der Waals surface area contributed by atoms with Crippen molar-refractivity contribution in [3.8, 4) is 0 Å². The Morgan fingerprint density at radius 1 is 0.711 bits per heavy atom. The summed E-state index contributed by atoms with van der Waals surface area (Å²) in [5.41, 5.74) is -0.762. The summed E-state index contributed by atoms with van der Waals surface area (Å²) in [6, 6.07) is 7.33. The predicted octanol–water partition coefficient (Wildman–Crippen LogP) is 4.24. The third-order valence-electron chi connectivity index (χ3n) is 10.5. The van der Waals surface area contributed by atoms with Crippen LogP contribution in [0.4, 0.5) is 0 Å². The van der Waals surface area contributed by atoms with Gasteiger partial charge >= 0.3 is 0 Å². The maximum absolute atomic E-state index is 13.4. The monoisotopic (exact) mass is 562 g/mol. The first-order valence-corrected chi connectivity index (χ1v) is 16.1. The van der Waals surface area contributed by atoms with Gasteiger partial charge in [-0.1, -0.05) is 52.0 Å². The summed E-state index contributed by atoms with van der Waals surface area (Å²) in [4.78, 5) is 26.9. The summed E-state index contributed by atoms with van der Waals surface area (Å²) in [5, 5.41) is 0. The Morgan fingerprint density at radius 2 is 1.03 bits per heavy atom. The number of carbonyl (C=O) groups excluding carboxylic acids is 2. The molecule has 38 heavy (non-hydrogen) atoms. The van der Waals surface area contributed by atoms with Crippen LogP contribution in [-0.4, -0.2) is 49.0 Å². The van der Waals surface area contributed by atoms with Crippen LogP contribution in [0.1, 0.15) is 64.5 Å². The van der Waals surface area contributed by atoms with Gasteiger partial charge in [-0.05, 0) is 71.6 Å². The van der Waals surface area contributed by atoms with E-state index in [0.717, 1.165) is 11.1 Å². The van der Waals surface area contributed by atoms with E-state index in [2.05, 4.69) is 0 Å². The van der Waals surface area contributed by atoms with Gasteiger partial charge in [-0.25, -0.2) is 0 Å². The topological polar surface area (TPSA) is 143 Å². The molecule has 0 spiro atoms. The molecule has 10 heteroatoms. The van der Waals surface area contributed by atoms with E-state index < -0.39 is 53.4 Å². The van der Waals surface area contributed by atoms with Crippen molar-refractivity contribution in [2.24, 2.45) is 33.5 Å². The number of hydrogen-bond donors (Lipinski definition) is 2. The summed E-state index contributed by atoms with van der Waals surface area (Å²) < 4.78 is 66.1. The van der Waals surface area contributed by atoms with Crippen molar-refractivity contribution in [1.82, 2.24) is 0 Å². The van der Waals surface area contributed by atoms with E-state index in [1.807, 2.05) is 52.0 Å². The standard InChI is InChI=1S/C28H34O8S2/c1-25(2)21-9-11-27(25,15-37(31,32)33)23(29)19(21)13-17-5-7-18(8-6-17)14-20-22-10-12-28(24(20)30,26(22,3)4)16-38(34,35)36/h5-8,13-14,21-22H,9-12,15-16H2,1-4H3,(H,31,32,33)(H,34,35,36)/b19-13-,20-14-/t21-,22?,27+,28+/m1/s1. The van der Waals surface area contributed by atoms with Gasteiger partial charge in [0.2, 0.25) is 0 Å². The normalized spacial score (nSPS) is 35.6. The van der Waals surface area contributed by atoms with E-state index in [1.165, 1.54) is 0 Å². The number of Topliss-reactive ketones (excluding diaryl/α,β-unsaturated/α-hetero) is 2. The average Bonchev–Trinajstić information content (AvgIpc) is 3.27. The average molecular weight is 563 g/mol. The van der Waals surface area contributed by atoms with Crippen molar-refractivity contribution in [3.05, 3.63) is 46.5 Å². The fraction of sp³-hybridized carbons (Fsp3) is 0.571. The van der Waals surface area contributed by atoms with Gasteiger partial charge in [0.05, 0.1) is 22.3 Å². The molecular formula is C28H34O8S2. The number of hydrogen-bond acceptors (Lipinski definition) is 6. The van der Waals surface area contributed by atoms with Crippen LogP contribution in [0.3, 0.4) is 0 Å². The molecule has 0 radical (unpaired) electrons. The molecule has 4 saturated carbocycles. The van der Waals surface area contributed by atoms with Gasteiger partial charge in [-0.15, -0.1) is 0 Å². The number of carbonyl (C=O) groups is 2. The number of ketones is 2. The molecule has 0 saturated heterocycles. The number of fused-ring (bicyclic) bond motifs is 4. The largest absolute Gasteiger partial charge is 0.294 e. The van der Waals surface area contributed by atoms with E-state index in [9.17, 15) is 35.5 Å². The van der Waals surface area contributed by atoms with Gasteiger partial charge < -0.3 is 0 Å². The second-order valence-corrected chi connectivity index (χ2v) is 15.7. The summed E-state index contributed by atoms with van der Waals surface area (Å²) in [7, 11) is -8.66. The minimum absolute atomic E-state index is 0.105. The van der Waals surface area contributed by atoms with Crippen molar-refractivity contribution in [1.29, 1.82) is 0 Å². The molecule has 1 unspecified atom stereocenters. The van der Waals surface area contributed by atoms with Crippen LogP contribution in [0.25, 0.3) is 12.2 Å². The van der Waals surface area contributed by atoms with Gasteiger partial charge in [0.15, 0.2) is 11.6 Å². The fourth-order valence-corrected chi connectivity index (χ4v) is 10.8. The molecule has 5 rings (SSSR count). The number of rotatable bonds is 6. The van der Waals surface area contributed by atoms with Crippen molar-refractivity contribution >= 4 is 44.0 Å². The van der Waals surface area contributed by atoms with E-state index in [4.69, 9.17) is 0 Å². The summed E-state index contributed by atoms with van der Waals surface area (Å²) in [6.45, 7) is 7.58. The maximum atomic E-state index is 13.4. The van der Waals surface area contributed by atoms with E-state index in [1.54, 1.807) is 12.2 Å². The third-order valence-corrected chi connectivity index (χ3v) is 12.2. The van der Waals surface area contributed by atoms with Crippen molar-refractivity contribution < 1.29 is 35.5 Å². The Bertz CT molecular complexity index is 1400. The molecule has 0 aliphatic heterocycles. The Kier molecular flexibility index (Phi) is 5.91. The molecule has 206 valence electrons.